The zero-order valence-corrected chi connectivity index (χ0v) is 22.8. The Balaban J connectivity index is 3.02. The van der Waals surface area contributed by atoms with Gasteiger partial charge in [0.15, 0.2) is 11.5 Å². The van der Waals surface area contributed by atoms with E-state index in [1.54, 1.807) is 26.8 Å². The molecule has 0 bridgehead atoms. The number of hydrogen-bond donors (Lipinski definition) is 1. The highest BCUT2D eigenvalue weighted by molar-refractivity contribution is 5.76. The van der Waals surface area contributed by atoms with Gasteiger partial charge in [0.1, 0.15) is 31.0 Å². The first-order valence-corrected chi connectivity index (χ1v) is 12.2. The fraction of sp³-hybridized carbons (Fsp3) is 0.615. The summed E-state index contributed by atoms with van der Waals surface area (Å²) in [4.78, 5) is 47.9. The standard InChI is InChI=1S/C26H39NO10/c1-14(2)17(6)34-25(30)36-22-10-9-20(12-23(22)37-26(31)35-18(7)15(3)4)11-21(27)24(29)33-16(5)13-32-19(8)28/h9-10,12,14-18,21H,11,13,27H2,1-8H3/t16-,17?,18?,21-/m0/s1. The molecule has 0 fully saturated rings. The Morgan fingerprint density at radius 1 is 0.784 bits per heavy atom. The quantitative estimate of drug-likeness (QED) is 0.238. The van der Waals surface area contributed by atoms with Crippen LogP contribution in [0.25, 0.3) is 0 Å². The molecule has 0 spiro atoms. The maximum absolute atomic E-state index is 12.4. The normalized spacial score (nSPS) is 14.2. The third kappa shape index (κ3) is 12.0. The van der Waals surface area contributed by atoms with Crippen molar-refractivity contribution in [3.63, 3.8) is 0 Å². The molecule has 0 aliphatic heterocycles. The summed E-state index contributed by atoms with van der Waals surface area (Å²) in [5, 5.41) is 0. The highest BCUT2D eigenvalue weighted by Crippen LogP contribution is 2.30. The van der Waals surface area contributed by atoms with Gasteiger partial charge in [-0.25, -0.2) is 9.59 Å². The second-order valence-electron chi connectivity index (χ2n) is 9.48. The summed E-state index contributed by atoms with van der Waals surface area (Å²) < 4.78 is 31.1. The van der Waals surface area contributed by atoms with Crippen LogP contribution in [0.15, 0.2) is 18.2 Å². The van der Waals surface area contributed by atoms with Crippen LogP contribution in [0.2, 0.25) is 0 Å². The van der Waals surface area contributed by atoms with Crippen molar-refractivity contribution in [3.05, 3.63) is 23.8 Å². The van der Waals surface area contributed by atoms with E-state index in [1.165, 1.54) is 19.1 Å². The second kappa shape index (κ2) is 15.0. The van der Waals surface area contributed by atoms with Crippen molar-refractivity contribution < 1.29 is 47.6 Å². The molecule has 1 rings (SSSR count). The first-order valence-electron chi connectivity index (χ1n) is 12.2. The third-order valence-electron chi connectivity index (χ3n) is 5.43. The number of ether oxygens (including phenoxy) is 6. The first kappa shape index (κ1) is 31.7. The summed E-state index contributed by atoms with van der Waals surface area (Å²) in [6, 6.07) is 3.29. The van der Waals surface area contributed by atoms with Crippen LogP contribution in [0, 0.1) is 11.8 Å². The smallest absolute Gasteiger partial charge is 0.462 e. The van der Waals surface area contributed by atoms with Gasteiger partial charge in [-0.05, 0) is 56.7 Å². The van der Waals surface area contributed by atoms with Crippen LogP contribution in [-0.2, 0) is 35.0 Å². The minimum Gasteiger partial charge on any atom is -0.462 e. The second-order valence-corrected chi connectivity index (χ2v) is 9.48. The van der Waals surface area contributed by atoms with Crippen molar-refractivity contribution in [2.75, 3.05) is 6.61 Å². The number of benzene rings is 1. The predicted octanol–water partition coefficient (Wildman–Crippen LogP) is 4.17. The molecule has 11 heteroatoms. The summed E-state index contributed by atoms with van der Waals surface area (Å²) in [6.45, 7) is 13.7. The number of esters is 2. The molecule has 0 saturated carbocycles. The average molecular weight is 526 g/mol. The summed E-state index contributed by atoms with van der Waals surface area (Å²) in [7, 11) is 0. The lowest BCUT2D eigenvalue weighted by atomic mass is 10.1. The Labute approximate surface area is 217 Å². The minimum atomic E-state index is -1.07. The van der Waals surface area contributed by atoms with E-state index in [0.717, 1.165) is 0 Å². The number of rotatable bonds is 12. The Kier molecular flexibility index (Phi) is 12.9. The fourth-order valence-electron chi connectivity index (χ4n) is 2.54. The number of nitrogens with two attached hydrogens (primary N) is 1. The van der Waals surface area contributed by atoms with Gasteiger partial charge in [-0.3, -0.25) is 9.59 Å². The molecule has 0 radical (unpaired) electrons. The lowest BCUT2D eigenvalue weighted by Crippen LogP contribution is -2.37. The third-order valence-corrected chi connectivity index (χ3v) is 5.43. The number of hydrogen-bond acceptors (Lipinski definition) is 11. The molecule has 11 nitrogen and oxygen atoms in total. The van der Waals surface area contributed by atoms with Gasteiger partial charge in [-0.2, -0.15) is 0 Å². The topological polar surface area (TPSA) is 150 Å². The Hall–Kier alpha value is -3.34. The van der Waals surface area contributed by atoms with E-state index in [0.29, 0.717) is 5.56 Å². The van der Waals surface area contributed by atoms with Crippen LogP contribution in [0.4, 0.5) is 9.59 Å². The fourth-order valence-corrected chi connectivity index (χ4v) is 2.54. The Bertz CT molecular complexity index is 930. The Morgan fingerprint density at radius 3 is 1.78 bits per heavy atom. The molecule has 4 atom stereocenters. The van der Waals surface area contributed by atoms with E-state index >= 15 is 0 Å². The van der Waals surface area contributed by atoms with E-state index in [-0.39, 0.29) is 36.4 Å². The average Bonchev–Trinajstić information content (AvgIpc) is 2.78. The highest BCUT2D eigenvalue weighted by Gasteiger charge is 2.23. The van der Waals surface area contributed by atoms with Gasteiger partial charge >= 0.3 is 24.2 Å². The summed E-state index contributed by atoms with van der Waals surface area (Å²) in [6.07, 6.45) is -3.45. The summed E-state index contributed by atoms with van der Waals surface area (Å²) >= 11 is 0. The van der Waals surface area contributed by atoms with E-state index in [1.807, 2.05) is 27.7 Å². The van der Waals surface area contributed by atoms with Crippen LogP contribution >= 0.6 is 0 Å². The molecule has 1 aromatic carbocycles. The van der Waals surface area contributed by atoms with Gasteiger partial charge in [0.25, 0.3) is 0 Å². The molecular formula is C26H39NO10. The molecule has 37 heavy (non-hydrogen) atoms. The van der Waals surface area contributed by atoms with Crippen molar-refractivity contribution in [1.82, 2.24) is 0 Å². The molecule has 2 unspecified atom stereocenters. The first-order chi connectivity index (χ1) is 17.2. The largest absolute Gasteiger partial charge is 0.514 e. The van der Waals surface area contributed by atoms with E-state index in [2.05, 4.69) is 0 Å². The van der Waals surface area contributed by atoms with Crippen molar-refractivity contribution >= 4 is 24.2 Å². The maximum Gasteiger partial charge on any atom is 0.514 e. The van der Waals surface area contributed by atoms with Gasteiger partial charge in [0.2, 0.25) is 0 Å². The van der Waals surface area contributed by atoms with Crippen molar-refractivity contribution in [3.8, 4) is 11.5 Å². The molecule has 0 saturated heterocycles. The molecule has 0 aliphatic carbocycles. The van der Waals surface area contributed by atoms with Crippen LogP contribution in [0.1, 0.15) is 61.0 Å². The van der Waals surface area contributed by atoms with E-state index in [9.17, 15) is 19.2 Å². The van der Waals surface area contributed by atoms with E-state index < -0.39 is 48.6 Å². The van der Waals surface area contributed by atoms with Crippen molar-refractivity contribution in [2.24, 2.45) is 17.6 Å². The van der Waals surface area contributed by atoms with Gasteiger partial charge in [0, 0.05) is 6.92 Å². The van der Waals surface area contributed by atoms with Crippen LogP contribution in [0.3, 0.4) is 0 Å². The molecule has 208 valence electrons. The van der Waals surface area contributed by atoms with Gasteiger partial charge in [-0.15, -0.1) is 0 Å². The van der Waals surface area contributed by atoms with Gasteiger partial charge in [-0.1, -0.05) is 33.8 Å². The molecule has 0 heterocycles. The minimum absolute atomic E-state index is 0.0159. The summed E-state index contributed by atoms with van der Waals surface area (Å²) in [5.41, 5.74) is 6.48. The van der Waals surface area contributed by atoms with Crippen molar-refractivity contribution in [2.45, 2.75) is 86.2 Å². The van der Waals surface area contributed by atoms with Gasteiger partial charge in [0.05, 0.1) is 0 Å². The number of carbonyl (C=O) groups is 4. The number of carbonyl (C=O) groups excluding carboxylic acids is 4. The molecule has 0 amide bonds. The molecule has 0 aromatic heterocycles. The molecule has 1 aromatic rings. The van der Waals surface area contributed by atoms with Crippen LogP contribution in [-0.4, -0.2) is 55.2 Å². The predicted molar refractivity (Wildman–Crippen MR) is 133 cm³/mol. The Morgan fingerprint density at radius 2 is 1.30 bits per heavy atom. The van der Waals surface area contributed by atoms with Crippen LogP contribution < -0.4 is 15.2 Å². The zero-order chi connectivity index (χ0) is 28.3. The lowest BCUT2D eigenvalue weighted by molar-refractivity contribution is -0.157. The maximum atomic E-state index is 12.4. The van der Waals surface area contributed by atoms with Crippen molar-refractivity contribution in [1.29, 1.82) is 0 Å². The SMILES string of the molecule is CC(=O)OC[C@H](C)OC(=O)[C@@H](N)Cc1ccc(OC(=O)OC(C)C(C)C)c(OC(=O)OC(C)C(C)C)c1. The van der Waals surface area contributed by atoms with E-state index in [4.69, 9.17) is 34.2 Å². The molecular weight excluding hydrogens is 486 g/mol. The molecule has 2 N–H and O–H groups in total. The highest BCUT2D eigenvalue weighted by atomic mass is 16.8. The monoisotopic (exact) mass is 525 g/mol. The van der Waals surface area contributed by atoms with Crippen LogP contribution in [0.5, 0.6) is 11.5 Å². The zero-order valence-electron chi connectivity index (χ0n) is 22.8. The lowest BCUT2D eigenvalue weighted by Gasteiger charge is -2.19. The molecule has 0 aliphatic rings. The van der Waals surface area contributed by atoms with Gasteiger partial charge < -0.3 is 34.2 Å². The summed E-state index contributed by atoms with van der Waals surface area (Å²) in [5.74, 6) is -1.28.